The zero-order valence-corrected chi connectivity index (χ0v) is 7.51. The summed E-state index contributed by atoms with van der Waals surface area (Å²) in [7, 11) is 0. The SMILES string of the molecule is CC(C)(C(=O)O)c1cc(Cl)n[nH]1. The van der Waals surface area contributed by atoms with Gasteiger partial charge in [0.1, 0.15) is 5.41 Å². The smallest absolute Gasteiger partial charge is 0.315 e. The van der Waals surface area contributed by atoms with Gasteiger partial charge in [-0.1, -0.05) is 11.6 Å². The Morgan fingerprint density at radius 2 is 2.33 bits per heavy atom. The second kappa shape index (κ2) is 2.79. The molecule has 0 aromatic carbocycles. The highest BCUT2D eigenvalue weighted by Gasteiger charge is 2.31. The minimum absolute atomic E-state index is 0.277. The Kier molecular flexibility index (Phi) is 2.10. The van der Waals surface area contributed by atoms with Crippen LogP contribution in [0.5, 0.6) is 0 Å². The third kappa shape index (κ3) is 1.43. The van der Waals surface area contributed by atoms with E-state index >= 15 is 0 Å². The van der Waals surface area contributed by atoms with Crippen molar-refractivity contribution in [3.05, 3.63) is 16.9 Å². The molecule has 0 saturated heterocycles. The van der Waals surface area contributed by atoms with Crippen molar-refractivity contribution in [2.45, 2.75) is 19.3 Å². The number of aromatic nitrogens is 2. The molecule has 0 amide bonds. The topological polar surface area (TPSA) is 66.0 Å². The lowest BCUT2D eigenvalue weighted by Crippen LogP contribution is -2.28. The highest BCUT2D eigenvalue weighted by atomic mass is 35.5. The van der Waals surface area contributed by atoms with Crippen molar-refractivity contribution >= 4 is 17.6 Å². The van der Waals surface area contributed by atoms with Crippen LogP contribution in [0.1, 0.15) is 19.5 Å². The van der Waals surface area contributed by atoms with E-state index < -0.39 is 11.4 Å². The first kappa shape index (κ1) is 9.06. The predicted octanol–water partition coefficient (Wildman–Crippen LogP) is 1.43. The highest BCUT2D eigenvalue weighted by molar-refractivity contribution is 6.29. The molecular formula is C7H9ClN2O2. The van der Waals surface area contributed by atoms with E-state index in [9.17, 15) is 4.79 Å². The Balaban J connectivity index is 3.05. The summed E-state index contributed by atoms with van der Waals surface area (Å²) in [6, 6.07) is 1.51. The monoisotopic (exact) mass is 188 g/mol. The summed E-state index contributed by atoms with van der Waals surface area (Å²) < 4.78 is 0. The van der Waals surface area contributed by atoms with Crippen LogP contribution in [0.15, 0.2) is 6.07 Å². The number of carbonyl (C=O) groups is 1. The number of nitrogens with one attached hydrogen (secondary N) is 1. The third-order valence-corrected chi connectivity index (χ3v) is 1.95. The maximum absolute atomic E-state index is 10.7. The number of aromatic amines is 1. The Morgan fingerprint density at radius 1 is 1.75 bits per heavy atom. The van der Waals surface area contributed by atoms with Gasteiger partial charge in [-0.15, -0.1) is 0 Å². The molecule has 4 nitrogen and oxygen atoms in total. The van der Waals surface area contributed by atoms with Gasteiger partial charge in [0.15, 0.2) is 5.15 Å². The number of carboxylic acids is 1. The summed E-state index contributed by atoms with van der Waals surface area (Å²) >= 11 is 5.54. The van der Waals surface area contributed by atoms with Crippen LogP contribution in [0.3, 0.4) is 0 Å². The van der Waals surface area contributed by atoms with E-state index in [2.05, 4.69) is 10.2 Å². The number of H-pyrrole nitrogens is 1. The summed E-state index contributed by atoms with van der Waals surface area (Å²) in [6.07, 6.45) is 0. The first-order valence-electron chi connectivity index (χ1n) is 3.39. The van der Waals surface area contributed by atoms with E-state index in [4.69, 9.17) is 16.7 Å². The van der Waals surface area contributed by atoms with Crippen molar-refractivity contribution in [3.8, 4) is 0 Å². The molecule has 1 aromatic rings. The van der Waals surface area contributed by atoms with E-state index in [1.807, 2.05) is 0 Å². The average Bonchev–Trinajstić information content (AvgIpc) is 2.35. The van der Waals surface area contributed by atoms with Gasteiger partial charge in [-0.3, -0.25) is 9.89 Å². The zero-order valence-electron chi connectivity index (χ0n) is 6.76. The fraction of sp³-hybridized carbons (Fsp3) is 0.429. The quantitative estimate of drug-likeness (QED) is 0.738. The molecular weight excluding hydrogens is 180 g/mol. The van der Waals surface area contributed by atoms with Gasteiger partial charge in [0.25, 0.3) is 0 Å². The number of hydrogen-bond donors (Lipinski definition) is 2. The van der Waals surface area contributed by atoms with Gasteiger partial charge in [0.2, 0.25) is 0 Å². The van der Waals surface area contributed by atoms with Crippen LogP contribution in [0.2, 0.25) is 5.15 Å². The fourth-order valence-electron chi connectivity index (χ4n) is 0.733. The molecule has 0 unspecified atom stereocenters. The number of halogens is 1. The lowest BCUT2D eigenvalue weighted by Gasteiger charge is -2.15. The Hall–Kier alpha value is -1.03. The molecule has 0 saturated carbocycles. The fourth-order valence-corrected chi connectivity index (χ4v) is 0.884. The molecule has 12 heavy (non-hydrogen) atoms. The van der Waals surface area contributed by atoms with E-state index in [0.717, 1.165) is 0 Å². The van der Waals surface area contributed by atoms with Crippen LogP contribution in [-0.4, -0.2) is 21.3 Å². The molecule has 1 heterocycles. The second-order valence-electron chi connectivity index (χ2n) is 3.03. The van der Waals surface area contributed by atoms with Gasteiger partial charge < -0.3 is 5.11 Å². The maximum atomic E-state index is 10.7. The summed E-state index contributed by atoms with van der Waals surface area (Å²) in [4.78, 5) is 10.7. The van der Waals surface area contributed by atoms with Crippen molar-refractivity contribution in [2.75, 3.05) is 0 Å². The maximum Gasteiger partial charge on any atom is 0.315 e. The molecule has 0 aliphatic carbocycles. The highest BCUT2D eigenvalue weighted by Crippen LogP contribution is 2.22. The molecule has 66 valence electrons. The van der Waals surface area contributed by atoms with Crippen molar-refractivity contribution in [2.24, 2.45) is 0 Å². The Bertz CT molecular complexity index is 306. The van der Waals surface area contributed by atoms with Gasteiger partial charge in [-0.2, -0.15) is 5.10 Å². The van der Waals surface area contributed by atoms with Crippen molar-refractivity contribution in [3.63, 3.8) is 0 Å². The van der Waals surface area contributed by atoms with E-state index in [1.54, 1.807) is 13.8 Å². The molecule has 0 fully saturated rings. The van der Waals surface area contributed by atoms with Crippen molar-refractivity contribution < 1.29 is 9.90 Å². The number of hydrogen-bond acceptors (Lipinski definition) is 2. The predicted molar refractivity (Wildman–Crippen MR) is 44.3 cm³/mol. The zero-order chi connectivity index (χ0) is 9.35. The van der Waals surface area contributed by atoms with Crippen molar-refractivity contribution in [1.29, 1.82) is 0 Å². The molecule has 0 spiro atoms. The normalized spacial score (nSPS) is 11.6. The average molecular weight is 189 g/mol. The molecule has 2 N–H and O–H groups in total. The van der Waals surface area contributed by atoms with Crippen LogP contribution in [0.25, 0.3) is 0 Å². The Morgan fingerprint density at radius 3 is 2.67 bits per heavy atom. The number of rotatable bonds is 2. The van der Waals surface area contributed by atoms with Gasteiger partial charge >= 0.3 is 5.97 Å². The number of nitrogens with zero attached hydrogens (tertiary/aromatic N) is 1. The van der Waals surface area contributed by atoms with Crippen LogP contribution < -0.4 is 0 Å². The van der Waals surface area contributed by atoms with Crippen LogP contribution >= 0.6 is 11.6 Å². The summed E-state index contributed by atoms with van der Waals surface area (Å²) in [5.41, 5.74) is -0.472. The summed E-state index contributed by atoms with van der Waals surface area (Å²) in [5, 5.41) is 15.3. The van der Waals surface area contributed by atoms with Crippen LogP contribution in [0.4, 0.5) is 0 Å². The lowest BCUT2D eigenvalue weighted by molar-refractivity contribution is -0.142. The molecule has 1 aromatic heterocycles. The second-order valence-corrected chi connectivity index (χ2v) is 3.42. The molecule has 0 radical (unpaired) electrons. The lowest BCUT2D eigenvalue weighted by atomic mass is 9.90. The first-order chi connectivity index (χ1) is 5.44. The van der Waals surface area contributed by atoms with Gasteiger partial charge in [-0.05, 0) is 19.9 Å². The summed E-state index contributed by atoms with van der Waals surface area (Å²) in [5.74, 6) is -0.914. The van der Waals surface area contributed by atoms with Gasteiger partial charge in [-0.25, -0.2) is 0 Å². The standard InChI is InChI=1S/C7H9ClN2O2/c1-7(2,6(11)12)4-3-5(8)10-9-4/h3H,1-2H3,(H,9,10)(H,11,12). The minimum Gasteiger partial charge on any atom is -0.481 e. The van der Waals surface area contributed by atoms with Gasteiger partial charge in [0, 0.05) is 0 Å². The molecule has 1 rings (SSSR count). The largest absolute Gasteiger partial charge is 0.481 e. The van der Waals surface area contributed by atoms with Crippen LogP contribution in [-0.2, 0) is 10.2 Å². The van der Waals surface area contributed by atoms with Crippen molar-refractivity contribution in [1.82, 2.24) is 10.2 Å². The third-order valence-electron chi connectivity index (χ3n) is 1.75. The number of carboxylic acid groups (broad SMARTS) is 1. The van der Waals surface area contributed by atoms with E-state index in [1.165, 1.54) is 6.07 Å². The van der Waals surface area contributed by atoms with E-state index in [-0.39, 0.29) is 5.15 Å². The minimum atomic E-state index is -0.972. The molecule has 5 heteroatoms. The van der Waals surface area contributed by atoms with Gasteiger partial charge in [0.05, 0.1) is 5.69 Å². The molecule has 0 bridgehead atoms. The summed E-state index contributed by atoms with van der Waals surface area (Å²) in [6.45, 7) is 3.17. The molecule has 0 atom stereocenters. The number of aliphatic carboxylic acids is 1. The first-order valence-corrected chi connectivity index (χ1v) is 3.77. The molecule has 0 aliphatic rings. The molecule has 0 aliphatic heterocycles. The van der Waals surface area contributed by atoms with E-state index in [0.29, 0.717) is 5.69 Å². The van der Waals surface area contributed by atoms with Crippen LogP contribution in [0, 0.1) is 0 Å². The Labute approximate surface area is 74.5 Å².